The number of hydrogen-bond acceptors (Lipinski definition) is 4. The lowest BCUT2D eigenvalue weighted by Crippen LogP contribution is -2.23. The molecular formula is C26H25IN2O2. The van der Waals surface area contributed by atoms with Crippen molar-refractivity contribution in [1.82, 2.24) is 0 Å². The van der Waals surface area contributed by atoms with Gasteiger partial charge in [0.05, 0.1) is 21.4 Å². The molecule has 1 atom stereocenters. The summed E-state index contributed by atoms with van der Waals surface area (Å²) in [6.07, 6.45) is 2.20. The molecule has 1 unspecified atom stereocenters. The van der Waals surface area contributed by atoms with Gasteiger partial charge in [0.1, 0.15) is 0 Å². The highest BCUT2D eigenvalue weighted by molar-refractivity contribution is 14.1. The van der Waals surface area contributed by atoms with E-state index in [-0.39, 0.29) is 11.6 Å². The number of carbonyl (C=O) groups is 2. The van der Waals surface area contributed by atoms with Crippen LogP contribution in [0, 0.1) is 5.92 Å². The Bertz CT molecular complexity index is 1140. The van der Waals surface area contributed by atoms with Crippen molar-refractivity contribution in [2.75, 3.05) is 15.2 Å². The zero-order chi connectivity index (χ0) is 22.0. The summed E-state index contributed by atoms with van der Waals surface area (Å²) in [5, 5.41) is 6.60. The Hall–Kier alpha value is -2.67. The molecule has 0 saturated heterocycles. The van der Waals surface area contributed by atoms with E-state index in [0.717, 1.165) is 18.5 Å². The van der Waals surface area contributed by atoms with Crippen molar-refractivity contribution in [2.24, 2.45) is 5.92 Å². The van der Waals surface area contributed by atoms with Crippen LogP contribution in [0.1, 0.15) is 57.7 Å². The summed E-state index contributed by atoms with van der Waals surface area (Å²) < 4.78 is 0.637. The van der Waals surface area contributed by atoms with Crippen molar-refractivity contribution >= 4 is 51.2 Å². The maximum atomic E-state index is 13.4. The van der Waals surface area contributed by atoms with Crippen molar-refractivity contribution in [3.8, 4) is 0 Å². The molecule has 4 rings (SSSR count). The standard InChI is InChI=1S/C26H25IN2O2/c1-3-16(2)14-17-8-10-18(11-9-17)29-22-13-12-21(28-15-27)23-24(22)26(31)20-7-5-4-6-19(20)25(23)30/h4-13,16,28-29H,3,14-15H2,1-2H3. The van der Waals surface area contributed by atoms with Crippen LogP contribution in [0.15, 0.2) is 60.7 Å². The lowest BCUT2D eigenvalue weighted by molar-refractivity contribution is 0.0980. The number of anilines is 3. The Labute approximate surface area is 196 Å². The monoisotopic (exact) mass is 524 g/mol. The zero-order valence-corrected chi connectivity index (χ0v) is 19.8. The molecule has 31 heavy (non-hydrogen) atoms. The van der Waals surface area contributed by atoms with Gasteiger partial charge < -0.3 is 10.6 Å². The molecule has 0 saturated carbocycles. The van der Waals surface area contributed by atoms with E-state index in [0.29, 0.717) is 44.1 Å². The zero-order valence-electron chi connectivity index (χ0n) is 17.7. The van der Waals surface area contributed by atoms with Crippen LogP contribution >= 0.6 is 22.6 Å². The van der Waals surface area contributed by atoms with Crippen LogP contribution in [-0.2, 0) is 6.42 Å². The first-order chi connectivity index (χ1) is 15.0. The third kappa shape index (κ3) is 4.24. The fourth-order valence-electron chi connectivity index (χ4n) is 3.97. The van der Waals surface area contributed by atoms with Crippen LogP contribution in [0.3, 0.4) is 0 Å². The maximum absolute atomic E-state index is 13.4. The average molecular weight is 524 g/mol. The van der Waals surface area contributed by atoms with Crippen LogP contribution in [0.5, 0.6) is 0 Å². The van der Waals surface area contributed by atoms with Gasteiger partial charge in [-0.05, 0) is 42.2 Å². The molecule has 0 radical (unpaired) electrons. The van der Waals surface area contributed by atoms with Crippen molar-refractivity contribution in [2.45, 2.75) is 26.7 Å². The second kappa shape index (κ2) is 9.22. The second-order valence-corrected chi connectivity index (χ2v) is 8.73. The number of alkyl halides is 1. The molecule has 158 valence electrons. The molecule has 0 spiro atoms. The summed E-state index contributed by atoms with van der Waals surface area (Å²) in [6.45, 7) is 4.46. The van der Waals surface area contributed by atoms with E-state index in [1.165, 1.54) is 5.56 Å². The van der Waals surface area contributed by atoms with E-state index >= 15 is 0 Å². The van der Waals surface area contributed by atoms with Crippen molar-refractivity contribution in [1.29, 1.82) is 0 Å². The minimum absolute atomic E-state index is 0.120. The van der Waals surface area contributed by atoms with Crippen LogP contribution in [0.25, 0.3) is 0 Å². The molecule has 0 bridgehead atoms. The Morgan fingerprint density at radius 3 is 2.00 bits per heavy atom. The van der Waals surface area contributed by atoms with E-state index < -0.39 is 0 Å². The number of fused-ring (bicyclic) bond motifs is 2. The molecule has 0 aromatic heterocycles. The molecule has 5 heteroatoms. The SMILES string of the molecule is CCC(C)Cc1ccc(Nc2ccc(NCI)c3c2C(=O)c2ccccc2C3=O)cc1. The van der Waals surface area contributed by atoms with Crippen LogP contribution < -0.4 is 10.6 Å². The normalized spacial score (nSPS) is 13.4. The predicted molar refractivity (Wildman–Crippen MR) is 135 cm³/mol. The molecule has 3 aromatic rings. The first-order valence-corrected chi connectivity index (χ1v) is 12.1. The quantitative estimate of drug-likeness (QED) is 0.163. The van der Waals surface area contributed by atoms with Crippen molar-refractivity contribution < 1.29 is 9.59 Å². The molecule has 0 heterocycles. The second-order valence-electron chi connectivity index (χ2n) is 7.96. The lowest BCUT2D eigenvalue weighted by Gasteiger charge is -2.23. The number of ketones is 2. The van der Waals surface area contributed by atoms with Gasteiger partial charge in [0.25, 0.3) is 0 Å². The molecule has 4 nitrogen and oxygen atoms in total. The fraction of sp³-hybridized carbons (Fsp3) is 0.231. The Morgan fingerprint density at radius 1 is 0.839 bits per heavy atom. The molecule has 0 amide bonds. The summed E-state index contributed by atoms with van der Waals surface area (Å²) in [5.41, 5.74) is 5.32. The van der Waals surface area contributed by atoms with Gasteiger partial charge in [-0.3, -0.25) is 9.59 Å². The Morgan fingerprint density at radius 2 is 1.42 bits per heavy atom. The number of hydrogen-bond donors (Lipinski definition) is 2. The van der Waals surface area contributed by atoms with Gasteiger partial charge >= 0.3 is 0 Å². The molecule has 0 fully saturated rings. The minimum Gasteiger partial charge on any atom is -0.375 e. The topological polar surface area (TPSA) is 58.2 Å². The van der Waals surface area contributed by atoms with Crippen molar-refractivity contribution in [3.05, 3.63) is 88.5 Å². The van der Waals surface area contributed by atoms with Crippen molar-refractivity contribution in [3.63, 3.8) is 0 Å². The predicted octanol–water partition coefficient (Wildman–Crippen LogP) is 6.60. The number of benzene rings is 3. The molecule has 0 aliphatic heterocycles. The van der Waals surface area contributed by atoms with Gasteiger partial charge in [0, 0.05) is 22.5 Å². The largest absolute Gasteiger partial charge is 0.375 e. The van der Waals surface area contributed by atoms with Gasteiger partial charge in [0.15, 0.2) is 11.6 Å². The Balaban J connectivity index is 1.73. The highest BCUT2D eigenvalue weighted by atomic mass is 127. The van der Waals surface area contributed by atoms with Gasteiger partial charge in [0.2, 0.25) is 0 Å². The lowest BCUT2D eigenvalue weighted by atomic mass is 9.82. The maximum Gasteiger partial charge on any atom is 0.196 e. The average Bonchev–Trinajstić information content (AvgIpc) is 2.79. The van der Waals surface area contributed by atoms with Crippen LogP contribution in [-0.4, -0.2) is 16.1 Å². The first-order valence-electron chi connectivity index (χ1n) is 10.5. The Kier molecular flexibility index (Phi) is 6.41. The fourth-order valence-corrected chi connectivity index (χ4v) is 4.38. The first kappa shape index (κ1) is 21.6. The summed E-state index contributed by atoms with van der Waals surface area (Å²) in [4.78, 5) is 26.7. The third-order valence-electron chi connectivity index (χ3n) is 5.85. The summed E-state index contributed by atoms with van der Waals surface area (Å²) in [6, 6.07) is 19.1. The smallest absolute Gasteiger partial charge is 0.196 e. The van der Waals surface area contributed by atoms with Gasteiger partial charge in [-0.15, -0.1) is 0 Å². The molecule has 3 aromatic carbocycles. The van der Waals surface area contributed by atoms with E-state index in [1.807, 2.05) is 24.3 Å². The van der Waals surface area contributed by atoms with E-state index in [1.54, 1.807) is 24.3 Å². The molecule has 1 aliphatic carbocycles. The highest BCUT2D eigenvalue weighted by Gasteiger charge is 2.33. The van der Waals surface area contributed by atoms with Gasteiger partial charge in [-0.2, -0.15) is 0 Å². The van der Waals surface area contributed by atoms with Crippen LogP contribution in [0.4, 0.5) is 17.1 Å². The van der Waals surface area contributed by atoms with Gasteiger partial charge in [-0.25, -0.2) is 0 Å². The highest BCUT2D eigenvalue weighted by Crippen LogP contribution is 2.37. The molecule has 2 N–H and O–H groups in total. The van der Waals surface area contributed by atoms with Crippen LogP contribution in [0.2, 0.25) is 0 Å². The summed E-state index contributed by atoms with van der Waals surface area (Å²) in [5.74, 6) is 0.399. The number of carbonyl (C=O) groups excluding carboxylic acids is 2. The number of halogens is 1. The number of nitrogens with one attached hydrogen (secondary N) is 2. The van der Waals surface area contributed by atoms with E-state index in [4.69, 9.17) is 0 Å². The summed E-state index contributed by atoms with van der Waals surface area (Å²) >= 11 is 2.20. The van der Waals surface area contributed by atoms with Gasteiger partial charge in [-0.1, -0.05) is 79.3 Å². The third-order valence-corrected chi connectivity index (χ3v) is 6.23. The summed E-state index contributed by atoms with van der Waals surface area (Å²) in [7, 11) is 0. The van der Waals surface area contributed by atoms with E-state index in [9.17, 15) is 9.59 Å². The molecule has 1 aliphatic rings. The minimum atomic E-state index is -0.127. The molecular weight excluding hydrogens is 499 g/mol. The van der Waals surface area contributed by atoms with E-state index in [2.05, 4.69) is 59.2 Å². The number of rotatable bonds is 7.